The molecule has 2 aromatic rings. The molecule has 1 amide bonds. The van der Waals surface area contributed by atoms with Crippen molar-refractivity contribution in [2.75, 3.05) is 13.7 Å². The van der Waals surface area contributed by atoms with Crippen LogP contribution in [0.1, 0.15) is 5.56 Å². The van der Waals surface area contributed by atoms with Crippen molar-refractivity contribution in [3.05, 3.63) is 36.0 Å². The molecule has 2 rings (SSSR count). The maximum Gasteiger partial charge on any atom is 0.244 e. The van der Waals surface area contributed by atoms with E-state index in [0.29, 0.717) is 0 Å². The molecular weight excluding hydrogens is 240 g/mol. The summed E-state index contributed by atoms with van der Waals surface area (Å²) in [5.41, 5.74) is 1.91. The fourth-order valence-electron chi connectivity index (χ4n) is 1.75. The number of hydrogen-bond acceptors (Lipinski definition) is 2. The Morgan fingerprint density at radius 3 is 3.16 bits per heavy atom. The van der Waals surface area contributed by atoms with Crippen molar-refractivity contribution in [2.45, 2.75) is 0 Å². The van der Waals surface area contributed by atoms with Crippen molar-refractivity contribution < 1.29 is 9.53 Å². The van der Waals surface area contributed by atoms with Crippen molar-refractivity contribution in [3.8, 4) is 18.1 Å². The number of benzene rings is 1. The number of hydrogen-bond donors (Lipinski definition) is 2. The number of aromatic amines is 1. The maximum absolute atomic E-state index is 11.4. The van der Waals surface area contributed by atoms with E-state index < -0.39 is 0 Å². The van der Waals surface area contributed by atoms with Gasteiger partial charge in [-0.15, -0.1) is 6.42 Å². The Morgan fingerprint density at radius 2 is 2.42 bits per heavy atom. The second-order valence-electron chi connectivity index (χ2n) is 3.91. The van der Waals surface area contributed by atoms with Crippen molar-refractivity contribution in [1.29, 1.82) is 0 Å². The van der Waals surface area contributed by atoms with Crippen LogP contribution in [0.2, 0.25) is 0 Å². The number of carbonyl (C=O) groups is 1. The van der Waals surface area contributed by atoms with Crippen LogP contribution in [-0.4, -0.2) is 24.5 Å². The lowest BCUT2D eigenvalue weighted by Gasteiger charge is -1.99. The molecule has 4 heteroatoms. The topological polar surface area (TPSA) is 54.1 Å². The zero-order valence-electron chi connectivity index (χ0n) is 10.6. The van der Waals surface area contributed by atoms with E-state index in [1.165, 1.54) is 6.08 Å². The van der Waals surface area contributed by atoms with Crippen LogP contribution >= 0.6 is 0 Å². The lowest BCUT2D eigenvalue weighted by molar-refractivity contribution is -0.116. The van der Waals surface area contributed by atoms with E-state index in [2.05, 4.69) is 16.2 Å². The molecule has 0 aliphatic heterocycles. The van der Waals surface area contributed by atoms with E-state index in [4.69, 9.17) is 11.2 Å². The van der Waals surface area contributed by atoms with Gasteiger partial charge in [0.2, 0.25) is 5.91 Å². The van der Waals surface area contributed by atoms with Crippen LogP contribution in [0.25, 0.3) is 17.0 Å². The highest BCUT2D eigenvalue weighted by Gasteiger charge is 2.03. The maximum atomic E-state index is 11.4. The Bertz CT molecular complexity index is 662. The quantitative estimate of drug-likeness (QED) is 0.647. The molecule has 0 saturated carbocycles. The number of fused-ring (bicyclic) bond motifs is 1. The molecule has 0 radical (unpaired) electrons. The lowest BCUT2D eigenvalue weighted by Crippen LogP contribution is -2.20. The van der Waals surface area contributed by atoms with Crippen LogP contribution < -0.4 is 10.1 Å². The van der Waals surface area contributed by atoms with Crippen molar-refractivity contribution in [3.63, 3.8) is 0 Å². The Balaban J connectivity index is 2.23. The summed E-state index contributed by atoms with van der Waals surface area (Å²) in [5.74, 6) is 2.91. The summed E-state index contributed by atoms with van der Waals surface area (Å²) in [5, 5.41) is 3.57. The van der Waals surface area contributed by atoms with Gasteiger partial charge < -0.3 is 15.0 Å². The third-order valence-corrected chi connectivity index (χ3v) is 2.70. The number of H-pyrrole nitrogens is 1. The van der Waals surface area contributed by atoms with E-state index in [0.717, 1.165) is 22.2 Å². The summed E-state index contributed by atoms with van der Waals surface area (Å²) in [7, 11) is 1.62. The van der Waals surface area contributed by atoms with Gasteiger partial charge in [-0.05, 0) is 24.3 Å². The molecule has 0 spiro atoms. The predicted molar refractivity (Wildman–Crippen MR) is 75.7 cm³/mol. The average molecular weight is 254 g/mol. The van der Waals surface area contributed by atoms with Gasteiger partial charge in [0.1, 0.15) is 5.75 Å². The van der Waals surface area contributed by atoms with Crippen LogP contribution in [0, 0.1) is 12.3 Å². The number of ether oxygens (including phenoxy) is 1. The van der Waals surface area contributed by atoms with Gasteiger partial charge in [-0.2, -0.15) is 0 Å². The zero-order valence-corrected chi connectivity index (χ0v) is 10.6. The lowest BCUT2D eigenvalue weighted by atomic mass is 10.1. The third-order valence-electron chi connectivity index (χ3n) is 2.70. The SMILES string of the molecule is C#CCNC(=O)/C=C/c1c[nH]c2ccc(OC)cc12. The van der Waals surface area contributed by atoms with Gasteiger partial charge in [0, 0.05) is 28.7 Å². The first-order chi connectivity index (χ1) is 9.24. The number of amides is 1. The fraction of sp³-hybridized carbons (Fsp3) is 0.133. The number of rotatable bonds is 4. The van der Waals surface area contributed by atoms with Crippen molar-refractivity contribution in [2.24, 2.45) is 0 Å². The van der Waals surface area contributed by atoms with Gasteiger partial charge in [-0.25, -0.2) is 0 Å². The van der Waals surface area contributed by atoms with Gasteiger partial charge >= 0.3 is 0 Å². The molecule has 0 saturated heterocycles. The molecule has 0 fully saturated rings. The molecule has 19 heavy (non-hydrogen) atoms. The highest BCUT2D eigenvalue weighted by Crippen LogP contribution is 2.24. The van der Waals surface area contributed by atoms with Gasteiger partial charge in [-0.3, -0.25) is 4.79 Å². The standard InChI is InChI=1S/C15H14N2O2/c1-3-8-16-15(18)7-4-11-10-17-14-6-5-12(19-2)9-13(11)14/h1,4-7,9-10,17H,8H2,2H3,(H,16,18)/b7-4+. The molecular formula is C15H14N2O2. The predicted octanol–water partition coefficient (Wildman–Crippen LogP) is 1.94. The number of methoxy groups -OCH3 is 1. The molecule has 4 nitrogen and oxygen atoms in total. The highest BCUT2D eigenvalue weighted by molar-refractivity contribution is 5.96. The largest absolute Gasteiger partial charge is 0.497 e. The van der Waals surface area contributed by atoms with Gasteiger partial charge in [0.05, 0.1) is 13.7 Å². The summed E-state index contributed by atoms with van der Waals surface area (Å²) in [6.45, 7) is 0.227. The zero-order chi connectivity index (χ0) is 13.7. The van der Waals surface area contributed by atoms with E-state index in [9.17, 15) is 4.79 Å². The number of carbonyl (C=O) groups excluding carboxylic acids is 1. The van der Waals surface area contributed by atoms with Gasteiger partial charge in [0.15, 0.2) is 0 Å². The van der Waals surface area contributed by atoms with Crippen LogP contribution in [0.3, 0.4) is 0 Å². The summed E-state index contributed by atoms with van der Waals surface area (Å²) in [6.07, 6.45) is 10.1. The Hall–Kier alpha value is -2.67. The molecule has 1 aromatic heterocycles. The molecule has 0 unspecified atom stereocenters. The number of nitrogens with one attached hydrogen (secondary N) is 2. The molecule has 96 valence electrons. The first-order valence-corrected chi connectivity index (χ1v) is 5.79. The van der Waals surface area contributed by atoms with Crippen molar-refractivity contribution in [1.82, 2.24) is 10.3 Å². The van der Waals surface area contributed by atoms with E-state index in [1.807, 2.05) is 24.4 Å². The summed E-state index contributed by atoms with van der Waals surface area (Å²) < 4.78 is 5.19. The minimum atomic E-state index is -0.213. The monoisotopic (exact) mass is 254 g/mol. The first kappa shape index (κ1) is 12.8. The van der Waals surface area contributed by atoms with E-state index >= 15 is 0 Å². The minimum Gasteiger partial charge on any atom is -0.497 e. The van der Waals surface area contributed by atoms with Crippen LogP contribution in [0.5, 0.6) is 5.75 Å². The van der Waals surface area contributed by atoms with E-state index in [1.54, 1.807) is 13.2 Å². The fourth-order valence-corrected chi connectivity index (χ4v) is 1.75. The minimum absolute atomic E-state index is 0.213. The molecule has 1 aromatic carbocycles. The molecule has 0 aliphatic rings. The molecule has 0 aliphatic carbocycles. The second-order valence-corrected chi connectivity index (χ2v) is 3.91. The highest BCUT2D eigenvalue weighted by atomic mass is 16.5. The number of aromatic nitrogens is 1. The summed E-state index contributed by atoms with van der Waals surface area (Å²) in [6, 6.07) is 5.74. The third kappa shape index (κ3) is 2.96. The summed E-state index contributed by atoms with van der Waals surface area (Å²) in [4.78, 5) is 14.6. The Kier molecular flexibility index (Phi) is 3.89. The second kappa shape index (κ2) is 5.78. The Morgan fingerprint density at radius 1 is 1.58 bits per heavy atom. The van der Waals surface area contributed by atoms with E-state index in [-0.39, 0.29) is 12.5 Å². The first-order valence-electron chi connectivity index (χ1n) is 5.79. The molecule has 0 bridgehead atoms. The smallest absolute Gasteiger partial charge is 0.244 e. The molecule has 0 atom stereocenters. The number of terminal acetylenes is 1. The van der Waals surface area contributed by atoms with Crippen LogP contribution in [-0.2, 0) is 4.79 Å². The van der Waals surface area contributed by atoms with Gasteiger partial charge in [0.25, 0.3) is 0 Å². The molecule has 1 heterocycles. The van der Waals surface area contributed by atoms with Crippen molar-refractivity contribution >= 4 is 22.9 Å². The normalized spacial score (nSPS) is 10.5. The van der Waals surface area contributed by atoms with Gasteiger partial charge in [-0.1, -0.05) is 5.92 Å². The van der Waals surface area contributed by atoms with Crippen LogP contribution in [0.15, 0.2) is 30.5 Å². The molecule has 2 N–H and O–H groups in total. The summed E-state index contributed by atoms with van der Waals surface area (Å²) >= 11 is 0. The van der Waals surface area contributed by atoms with Crippen LogP contribution in [0.4, 0.5) is 0 Å². The average Bonchev–Trinajstić information content (AvgIpc) is 2.84. The Labute approximate surface area is 111 Å².